The van der Waals surface area contributed by atoms with Crippen molar-refractivity contribution in [2.75, 3.05) is 17.7 Å². The fraction of sp³-hybridized carbons (Fsp3) is 0.0909. The molecule has 3 amide bonds. The number of para-hydroxylation sites is 1. The van der Waals surface area contributed by atoms with E-state index in [4.69, 9.17) is 4.74 Å². The van der Waals surface area contributed by atoms with E-state index in [0.29, 0.717) is 16.9 Å². The van der Waals surface area contributed by atoms with Crippen molar-refractivity contribution in [1.29, 1.82) is 0 Å². The van der Waals surface area contributed by atoms with Crippen molar-refractivity contribution >= 4 is 68.8 Å². The van der Waals surface area contributed by atoms with Crippen molar-refractivity contribution in [3.63, 3.8) is 0 Å². The van der Waals surface area contributed by atoms with Crippen LogP contribution in [0.25, 0.3) is 6.08 Å². The minimum Gasteiger partial charge on any atom is -0.465 e. The zero-order valence-corrected chi connectivity index (χ0v) is 25.7. The lowest BCUT2D eigenvalue weighted by Gasteiger charge is -2.15. The predicted octanol–water partition coefficient (Wildman–Crippen LogP) is 6.76. The Bertz CT molecular complexity index is 1660. The molecule has 1 atom stereocenters. The molecule has 0 fully saturated rings. The molecule has 10 heteroatoms. The third-order valence-corrected chi connectivity index (χ3v) is 7.68. The molecule has 0 saturated carbocycles. The van der Waals surface area contributed by atoms with Crippen LogP contribution < -0.4 is 16.0 Å². The number of nitrogens with one attached hydrogen (secondary N) is 3. The lowest BCUT2D eigenvalue weighted by molar-refractivity contribution is -0.115. The number of carbonyl (C=O) groups is 4. The summed E-state index contributed by atoms with van der Waals surface area (Å²) in [6, 6.07) is 29.6. The number of hydrogen-bond donors (Lipinski definition) is 3. The standard InChI is InChI=1S/C33H28BrN3O5S/c1-21(30(38)36-28-14-7-6-13-27(28)33(41)42-2)43-26-17-15-25(16-18-26)35-32(40)29(20-22-9-8-12-24(34)19-22)37-31(39)23-10-4-3-5-11-23/h3-21H,1-2H3,(H,35,40)(H,36,38)(H,37,39)/b29-20-. The van der Waals surface area contributed by atoms with Crippen molar-refractivity contribution < 1.29 is 23.9 Å². The first-order valence-electron chi connectivity index (χ1n) is 13.1. The Hall–Kier alpha value is -4.67. The summed E-state index contributed by atoms with van der Waals surface area (Å²) in [5.41, 5.74) is 2.36. The van der Waals surface area contributed by atoms with Crippen molar-refractivity contribution in [3.8, 4) is 0 Å². The van der Waals surface area contributed by atoms with Crippen LogP contribution >= 0.6 is 27.7 Å². The van der Waals surface area contributed by atoms with E-state index in [1.807, 2.05) is 24.3 Å². The van der Waals surface area contributed by atoms with Crippen LogP contribution in [0.2, 0.25) is 0 Å². The fourth-order valence-corrected chi connectivity index (χ4v) is 5.18. The normalized spacial score (nSPS) is 11.7. The molecule has 0 saturated heterocycles. The van der Waals surface area contributed by atoms with E-state index in [2.05, 4.69) is 31.9 Å². The maximum Gasteiger partial charge on any atom is 0.339 e. The Morgan fingerprint density at radius 2 is 1.53 bits per heavy atom. The molecule has 0 aliphatic rings. The van der Waals surface area contributed by atoms with Gasteiger partial charge in [-0.3, -0.25) is 14.4 Å². The molecular formula is C33H28BrN3O5S. The van der Waals surface area contributed by atoms with E-state index < -0.39 is 23.0 Å². The summed E-state index contributed by atoms with van der Waals surface area (Å²) in [6.45, 7) is 1.75. The van der Waals surface area contributed by atoms with Gasteiger partial charge in [-0.15, -0.1) is 11.8 Å². The third kappa shape index (κ3) is 8.91. The Morgan fingerprint density at radius 3 is 2.23 bits per heavy atom. The second-order valence-corrected chi connectivity index (χ2v) is 11.5. The highest BCUT2D eigenvalue weighted by molar-refractivity contribution is 9.10. The van der Waals surface area contributed by atoms with Gasteiger partial charge in [0.25, 0.3) is 11.8 Å². The molecule has 8 nitrogen and oxygen atoms in total. The summed E-state index contributed by atoms with van der Waals surface area (Å²) in [6.07, 6.45) is 1.60. The number of benzene rings is 4. The molecule has 4 aromatic rings. The summed E-state index contributed by atoms with van der Waals surface area (Å²) in [5.74, 6) is -1.73. The van der Waals surface area contributed by atoms with Crippen LogP contribution in [-0.2, 0) is 14.3 Å². The second-order valence-electron chi connectivity index (χ2n) is 9.20. The van der Waals surface area contributed by atoms with Crippen molar-refractivity contribution in [2.45, 2.75) is 17.1 Å². The minimum atomic E-state index is -0.539. The molecule has 0 aliphatic carbocycles. The maximum atomic E-state index is 13.3. The Balaban J connectivity index is 1.43. The molecule has 4 rings (SSSR count). The lowest BCUT2D eigenvalue weighted by atomic mass is 10.1. The molecule has 0 bridgehead atoms. The summed E-state index contributed by atoms with van der Waals surface area (Å²) in [4.78, 5) is 51.8. The predicted molar refractivity (Wildman–Crippen MR) is 173 cm³/mol. The first kappa shape index (κ1) is 31.3. The number of carbonyl (C=O) groups excluding carboxylic acids is 4. The van der Waals surface area contributed by atoms with E-state index in [1.54, 1.807) is 91.9 Å². The molecule has 4 aromatic carbocycles. The van der Waals surface area contributed by atoms with E-state index in [-0.39, 0.29) is 17.2 Å². The van der Waals surface area contributed by atoms with Crippen molar-refractivity contribution in [2.24, 2.45) is 0 Å². The summed E-state index contributed by atoms with van der Waals surface area (Å²) in [5, 5.41) is 7.85. The van der Waals surface area contributed by atoms with Gasteiger partial charge in [0.15, 0.2) is 0 Å². The van der Waals surface area contributed by atoms with E-state index >= 15 is 0 Å². The SMILES string of the molecule is COC(=O)c1ccccc1NC(=O)C(C)Sc1ccc(NC(=O)/C(=C/c2cccc(Br)c2)NC(=O)c2ccccc2)cc1. The zero-order valence-electron chi connectivity index (χ0n) is 23.3. The average Bonchev–Trinajstić information content (AvgIpc) is 3.02. The monoisotopic (exact) mass is 657 g/mol. The highest BCUT2D eigenvalue weighted by atomic mass is 79.9. The quantitative estimate of drug-likeness (QED) is 0.0986. The summed E-state index contributed by atoms with van der Waals surface area (Å²) >= 11 is 4.75. The summed E-state index contributed by atoms with van der Waals surface area (Å²) < 4.78 is 5.62. The number of rotatable bonds is 10. The van der Waals surface area contributed by atoms with Gasteiger partial charge in [-0.05, 0) is 79.2 Å². The highest BCUT2D eigenvalue weighted by Crippen LogP contribution is 2.27. The molecule has 0 spiro atoms. The van der Waals surface area contributed by atoms with E-state index in [1.165, 1.54) is 18.9 Å². The molecule has 0 aromatic heterocycles. The first-order chi connectivity index (χ1) is 20.7. The van der Waals surface area contributed by atoms with Gasteiger partial charge in [-0.2, -0.15) is 0 Å². The topological polar surface area (TPSA) is 114 Å². The highest BCUT2D eigenvalue weighted by Gasteiger charge is 2.19. The Kier molecular flexibility index (Phi) is 10.9. The van der Waals surface area contributed by atoms with Crippen LogP contribution in [0, 0.1) is 0 Å². The van der Waals surface area contributed by atoms with Gasteiger partial charge in [0, 0.05) is 20.6 Å². The number of anilines is 2. The number of esters is 1. The minimum absolute atomic E-state index is 0.0722. The van der Waals surface area contributed by atoms with Crippen LogP contribution in [0.4, 0.5) is 11.4 Å². The van der Waals surface area contributed by atoms with E-state index in [9.17, 15) is 19.2 Å². The van der Waals surface area contributed by atoms with Gasteiger partial charge >= 0.3 is 5.97 Å². The number of hydrogen-bond acceptors (Lipinski definition) is 6. The van der Waals surface area contributed by atoms with Crippen LogP contribution in [0.3, 0.4) is 0 Å². The zero-order chi connectivity index (χ0) is 30.8. The van der Waals surface area contributed by atoms with Gasteiger partial charge in [0.05, 0.1) is 23.6 Å². The molecule has 218 valence electrons. The third-order valence-electron chi connectivity index (χ3n) is 6.07. The van der Waals surface area contributed by atoms with Crippen LogP contribution in [-0.4, -0.2) is 36.1 Å². The van der Waals surface area contributed by atoms with Crippen LogP contribution in [0.1, 0.15) is 33.2 Å². The average molecular weight is 659 g/mol. The molecule has 0 aliphatic heterocycles. The van der Waals surface area contributed by atoms with Crippen LogP contribution in [0.15, 0.2) is 118 Å². The van der Waals surface area contributed by atoms with E-state index in [0.717, 1.165) is 14.9 Å². The molecule has 0 heterocycles. The van der Waals surface area contributed by atoms with Gasteiger partial charge in [-0.25, -0.2) is 4.79 Å². The molecule has 43 heavy (non-hydrogen) atoms. The van der Waals surface area contributed by atoms with Crippen molar-refractivity contribution in [3.05, 3.63) is 130 Å². The Labute approximate surface area is 262 Å². The fourth-order valence-electron chi connectivity index (χ4n) is 3.89. The molecule has 3 N–H and O–H groups in total. The van der Waals surface area contributed by atoms with Gasteiger partial charge in [-0.1, -0.05) is 58.4 Å². The molecule has 1 unspecified atom stereocenters. The largest absolute Gasteiger partial charge is 0.465 e. The van der Waals surface area contributed by atoms with Gasteiger partial charge < -0.3 is 20.7 Å². The number of amides is 3. The van der Waals surface area contributed by atoms with Gasteiger partial charge in [0.1, 0.15) is 5.70 Å². The van der Waals surface area contributed by atoms with Crippen molar-refractivity contribution in [1.82, 2.24) is 5.32 Å². The molecular weight excluding hydrogens is 630 g/mol. The van der Waals surface area contributed by atoms with Gasteiger partial charge in [0.2, 0.25) is 5.91 Å². The number of thioether (sulfide) groups is 1. The number of halogens is 1. The smallest absolute Gasteiger partial charge is 0.339 e. The summed E-state index contributed by atoms with van der Waals surface area (Å²) in [7, 11) is 1.28. The molecule has 0 radical (unpaired) electrons. The Morgan fingerprint density at radius 1 is 0.837 bits per heavy atom. The van der Waals surface area contributed by atoms with Crippen LogP contribution in [0.5, 0.6) is 0 Å². The lowest BCUT2D eigenvalue weighted by Crippen LogP contribution is -2.30. The number of ether oxygens (including phenoxy) is 1. The number of methoxy groups -OCH3 is 1. The maximum absolute atomic E-state index is 13.3. The second kappa shape index (κ2) is 15.0. The first-order valence-corrected chi connectivity index (χ1v) is 14.8.